The molecule has 1 aromatic heterocycles. The highest BCUT2D eigenvalue weighted by atomic mass is 32.1. The zero-order chi connectivity index (χ0) is 11.4. The van der Waals surface area contributed by atoms with Gasteiger partial charge in [0.2, 0.25) is 5.91 Å². The predicted molar refractivity (Wildman–Crippen MR) is 59.3 cm³/mol. The van der Waals surface area contributed by atoms with Crippen LogP contribution in [0.15, 0.2) is 17.1 Å². The fourth-order valence-electron chi connectivity index (χ4n) is 1.18. The van der Waals surface area contributed by atoms with Crippen LogP contribution >= 0.6 is 12.2 Å². The lowest BCUT2D eigenvalue weighted by molar-refractivity contribution is -0.123. The van der Waals surface area contributed by atoms with Crippen LogP contribution in [-0.4, -0.2) is 22.0 Å². The third-order valence-corrected chi connectivity index (χ3v) is 2.31. The average molecular weight is 227 g/mol. The maximum absolute atomic E-state index is 11.5. The van der Waals surface area contributed by atoms with Gasteiger partial charge in [0.05, 0.1) is 0 Å². The van der Waals surface area contributed by atoms with Crippen LogP contribution in [0, 0.1) is 4.77 Å². The first kappa shape index (κ1) is 11.6. The Morgan fingerprint density at radius 3 is 2.93 bits per heavy atom. The maximum atomic E-state index is 11.5. The number of carbonyl (C=O) groups excluding carboxylic acids is 1. The number of aromatic amines is 1. The summed E-state index contributed by atoms with van der Waals surface area (Å²) in [6, 6.07) is 0.917. The van der Waals surface area contributed by atoms with E-state index in [1.54, 1.807) is 11.5 Å². The van der Waals surface area contributed by atoms with Crippen LogP contribution in [0.4, 0.5) is 0 Å². The highest BCUT2D eigenvalue weighted by molar-refractivity contribution is 7.71. The van der Waals surface area contributed by atoms with Gasteiger partial charge in [0, 0.05) is 18.8 Å². The molecule has 1 heterocycles. The lowest BCUT2D eigenvalue weighted by atomic mass is 10.3. The molecular formula is C9H13N3O2S. The van der Waals surface area contributed by atoms with Gasteiger partial charge in [-0.25, -0.2) is 0 Å². The van der Waals surface area contributed by atoms with Crippen LogP contribution in [0.1, 0.15) is 19.9 Å². The molecule has 1 unspecified atom stereocenters. The molecular weight excluding hydrogens is 214 g/mol. The molecule has 1 atom stereocenters. The van der Waals surface area contributed by atoms with Gasteiger partial charge >= 0.3 is 0 Å². The molecule has 0 aliphatic carbocycles. The van der Waals surface area contributed by atoms with Gasteiger partial charge in [-0.1, -0.05) is 0 Å². The summed E-state index contributed by atoms with van der Waals surface area (Å²) in [6.45, 7) is 4.13. The van der Waals surface area contributed by atoms with E-state index in [2.05, 4.69) is 10.3 Å². The van der Waals surface area contributed by atoms with Gasteiger partial charge in [0.25, 0.3) is 5.56 Å². The molecule has 0 saturated heterocycles. The molecule has 1 aromatic rings. The Kier molecular flexibility index (Phi) is 3.79. The van der Waals surface area contributed by atoms with Crippen molar-refractivity contribution in [3.63, 3.8) is 0 Å². The molecule has 2 N–H and O–H groups in total. The highest BCUT2D eigenvalue weighted by Gasteiger charge is 2.13. The smallest absolute Gasteiger partial charge is 0.251 e. The predicted octanol–water partition coefficient (Wildman–Crippen LogP) is 0.603. The fraction of sp³-hybridized carbons (Fsp3) is 0.444. The van der Waals surface area contributed by atoms with Crippen LogP contribution in [0.3, 0.4) is 0 Å². The molecule has 1 rings (SSSR count). The summed E-state index contributed by atoms with van der Waals surface area (Å²) < 4.78 is 1.79. The van der Waals surface area contributed by atoms with Crippen LogP contribution in [0.25, 0.3) is 0 Å². The number of nitrogens with zero attached hydrogens (tertiary/aromatic N) is 1. The van der Waals surface area contributed by atoms with E-state index in [9.17, 15) is 9.59 Å². The molecule has 0 aliphatic rings. The van der Waals surface area contributed by atoms with Gasteiger partial charge in [-0.15, -0.1) is 0 Å². The zero-order valence-corrected chi connectivity index (χ0v) is 9.43. The maximum Gasteiger partial charge on any atom is 0.251 e. The van der Waals surface area contributed by atoms with Crippen LogP contribution in [0.5, 0.6) is 0 Å². The minimum atomic E-state index is -0.422. The third kappa shape index (κ3) is 2.76. The second-order valence-electron chi connectivity index (χ2n) is 3.09. The number of likely N-dealkylation sites (N-methyl/N-ethyl adjacent to an activating group) is 1. The van der Waals surface area contributed by atoms with Gasteiger partial charge in [0.1, 0.15) is 6.04 Å². The van der Waals surface area contributed by atoms with Gasteiger partial charge < -0.3 is 9.88 Å². The molecule has 0 bridgehead atoms. The normalized spacial score (nSPS) is 12.1. The molecule has 0 aliphatic heterocycles. The average Bonchev–Trinajstić information content (AvgIpc) is 2.17. The summed E-state index contributed by atoms with van der Waals surface area (Å²) in [6.07, 6.45) is 1.51. The van der Waals surface area contributed by atoms with Crippen molar-refractivity contribution in [2.45, 2.75) is 19.9 Å². The van der Waals surface area contributed by atoms with Crippen molar-refractivity contribution in [1.82, 2.24) is 14.9 Å². The van der Waals surface area contributed by atoms with E-state index in [1.807, 2.05) is 6.92 Å². The van der Waals surface area contributed by atoms with Crippen LogP contribution in [-0.2, 0) is 4.79 Å². The molecule has 0 spiro atoms. The summed E-state index contributed by atoms with van der Waals surface area (Å²) in [4.78, 5) is 24.9. The molecule has 82 valence electrons. The van der Waals surface area contributed by atoms with Gasteiger partial charge in [-0.2, -0.15) is 0 Å². The van der Waals surface area contributed by atoms with Crippen molar-refractivity contribution in [3.05, 3.63) is 27.4 Å². The molecule has 5 nitrogen and oxygen atoms in total. The van der Waals surface area contributed by atoms with E-state index in [4.69, 9.17) is 12.2 Å². The second kappa shape index (κ2) is 4.88. The summed E-state index contributed by atoms with van der Waals surface area (Å²) >= 11 is 4.95. The Bertz CT molecular complexity index is 463. The summed E-state index contributed by atoms with van der Waals surface area (Å²) in [5.41, 5.74) is -0.264. The number of nitrogens with one attached hydrogen (secondary N) is 2. The molecule has 6 heteroatoms. The van der Waals surface area contributed by atoms with Crippen LogP contribution in [0.2, 0.25) is 0 Å². The van der Waals surface area contributed by atoms with E-state index in [0.717, 1.165) is 0 Å². The van der Waals surface area contributed by atoms with Crippen LogP contribution < -0.4 is 10.9 Å². The number of carbonyl (C=O) groups is 1. The number of rotatable bonds is 3. The zero-order valence-electron chi connectivity index (χ0n) is 8.61. The first-order valence-electron chi connectivity index (χ1n) is 4.65. The van der Waals surface area contributed by atoms with Crippen molar-refractivity contribution >= 4 is 18.1 Å². The molecule has 1 amide bonds. The first-order valence-corrected chi connectivity index (χ1v) is 5.06. The SMILES string of the molecule is CCNC(=O)C(C)n1ccc(=O)[nH]c1=S. The standard InChI is InChI=1S/C9H13N3O2S/c1-3-10-8(14)6(2)12-5-4-7(13)11-9(12)15/h4-6H,3H2,1-2H3,(H,10,14)(H,11,13,15). The molecule has 15 heavy (non-hydrogen) atoms. The summed E-state index contributed by atoms with van der Waals surface area (Å²) in [7, 11) is 0. The largest absolute Gasteiger partial charge is 0.355 e. The topological polar surface area (TPSA) is 66.9 Å². The van der Waals surface area contributed by atoms with E-state index >= 15 is 0 Å². The molecule has 0 fully saturated rings. The Morgan fingerprint density at radius 2 is 2.40 bits per heavy atom. The number of hydrogen-bond acceptors (Lipinski definition) is 3. The van der Waals surface area contributed by atoms with Crippen molar-refractivity contribution in [3.8, 4) is 0 Å². The van der Waals surface area contributed by atoms with Crippen molar-refractivity contribution in [1.29, 1.82) is 0 Å². The molecule has 0 aromatic carbocycles. The minimum absolute atomic E-state index is 0.124. The summed E-state index contributed by atoms with van der Waals surface area (Å²) in [5, 5.41) is 2.69. The van der Waals surface area contributed by atoms with Gasteiger partial charge in [-0.3, -0.25) is 14.6 Å². The third-order valence-electron chi connectivity index (χ3n) is 2.00. The van der Waals surface area contributed by atoms with Crippen molar-refractivity contribution in [2.24, 2.45) is 0 Å². The second-order valence-corrected chi connectivity index (χ2v) is 3.47. The quantitative estimate of drug-likeness (QED) is 0.743. The van der Waals surface area contributed by atoms with E-state index in [0.29, 0.717) is 6.54 Å². The number of H-pyrrole nitrogens is 1. The van der Waals surface area contributed by atoms with Gasteiger partial charge in [-0.05, 0) is 26.1 Å². The van der Waals surface area contributed by atoms with Crippen molar-refractivity contribution in [2.75, 3.05) is 6.54 Å². The number of amides is 1. The number of hydrogen-bond donors (Lipinski definition) is 2. The minimum Gasteiger partial charge on any atom is -0.355 e. The van der Waals surface area contributed by atoms with Gasteiger partial charge in [0.15, 0.2) is 4.77 Å². The Morgan fingerprint density at radius 1 is 1.73 bits per heavy atom. The fourth-order valence-corrected chi connectivity index (χ4v) is 1.50. The summed E-state index contributed by atoms with van der Waals surface area (Å²) in [5.74, 6) is -0.124. The Labute approximate surface area is 92.1 Å². The first-order chi connectivity index (χ1) is 7.06. The Balaban J connectivity index is 3.01. The lowest BCUT2D eigenvalue weighted by Gasteiger charge is -2.14. The number of aromatic nitrogens is 2. The Hall–Kier alpha value is -1.43. The van der Waals surface area contributed by atoms with Crippen molar-refractivity contribution < 1.29 is 4.79 Å². The van der Waals surface area contributed by atoms with E-state index in [-0.39, 0.29) is 16.2 Å². The molecule has 0 saturated carbocycles. The van der Waals surface area contributed by atoms with E-state index < -0.39 is 6.04 Å². The highest BCUT2D eigenvalue weighted by Crippen LogP contribution is 2.03. The monoisotopic (exact) mass is 227 g/mol. The lowest BCUT2D eigenvalue weighted by Crippen LogP contribution is -2.31. The molecule has 0 radical (unpaired) electrons. The van der Waals surface area contributed by atoms with E-state index in [1.165, 1.54) is 12.3 Å².